The number of nitrogens with zero attached hydrogens (tertiary/aromatic N) is 2. The zero-order chi connectivity index (χ0) is 14.8. The number of hydrogen-bond acceptors (Lipinski definition) is 4. The van der Waals surface area contributed by atoms with Crippen LogP contribution in [0.3, 0.4) is 0 Å². The van der Waals surface area contributed by atoms with Crippen molar-refractivity contribution >= 4 is 0 Å². The molecule has 3 atom stereocenters. The Morgan fingerprint density at radius 3 is 2.85 bits per heavy atom. The van der Waals surface area contributed by atoms with Crippen LogP contribution >= 0.6 is 0 Å². The highest BCUT2D eigenvalue weighted by Crippen LogP contribution is 2.44. The molecule has 0 aliphatic heterocycles. The molecule has 2 rings (SSSR count). The number of nitrogens with one attached hydrogen (secondary N) is 1. The van der Waals surface area contributed by atoms with Crippen molar-refractivity contribution in [1.82, 2.24) is 15.3 Å². The molecular formula is C15H25FN4. The molecule has 5 heteroatoms. The van der Waals surface area contributed by atoms with Gasteiger partial charge < -0.3 is 4.90 Å². The molecule has 1 aliphatic rings. The molecule has 1 aliphatic carbocycles. The molecule has 1 aromatic heterocycles. The summed E-state index contributed by atoms with van der Waals surface area (Å²) < 4.78 is 14.1. The molecule has 0 bridgehead atoms. The van der Waals surface area contributed by atoms with Gasteiger partial charge in [0, 0.05) is 17.3 Å². The van der Waals surface area contributed by atoms with Crippen molar-refractivity contribution in [3.8, 4) is 0 Å². The number of hydrazine groups is 1. The molecule has 0 radical (unpaired) electrons. The van der Waals surface area contributed by atoms with E-state index in [4.69, 9.17) is 5.84 Å². The third-order valence-corrected chi connectivity index (χ3v) is 4.72. The number of hydrogen-bond donors (Lipinski definition) is 2. The number of rotatable bonds is 4. The Labute approximate surface area is 120 Å². The minimum Gasteiger partial charge on any atom is -0.302 e. The van der Waals surface area contributed by atoms with E-state index in [0.29, 0.717) is 11.5 Å². The highest BCUT2D eigenvalue weighted by Gasteiger charge is 2.44. The van der Waals surface area contributed by atoms with Crippen LogP contribution in [0, 0.1) is 11.7 Å². The van der Waals surface area contributed by atoms with Gasteiger partial charge in [0.2, 0.25) is 0 Å². The Hall–Kier alpha value is -1.04. The SMILES string of the molecule is CC1CCCC(C(NN)c2ccncc2F)(N(C)C)C1. The van der Waals surface area contributed by atoms with E-state index in [2.05, 4.69) is 36.3 Å². The predicted octanol–water partition coefficient (Wildman–Crippen LogP) is 2.24. The first kappa shape index (κ1) is 15.4. The third-order valence-electron chi connectivity index (χ3n) is 4.72. The van der Waals surface area contributed by atoms with Gasteiger partial charge in [-0.3, -0.25) is 16.3 Å². The van der Waals surface area contributed by atoms with E-state index in [1.165, 1.54) is 12.6 Å². The molecule has 1 saturated carbocycles. The second kappa shape index (κ2) is 6.16. The zero-order valence-corrected chi connectivity index (χ0v) is 12.6. The maximum absolute atomic E-state index is 14.1. The van der Waals surface area contributed by atoms with E-state index in [9.17, 15) is 4.39 Å². The molecule has 3 unspecified atom stereocenters. The molecule has 4 nitrogen and oxygen atoms in total. The first-order valence-corrected chi connectivity index (χ1v) is 7.24. The Morgan fingerprint density at radius 2 is 2.30 bits per heavy atom. The molecule has 1 heterocycles. The fourth-order valence-electron chi connectivity index (χ4n) is 3.65. The number of aromatic nitrogens is 1. The lowest BCUT2D eigenvalue weighted by Crippen LogP contribution is -2.57. The number of pyridine rings is 1. The van der Waals surface area contributed by atoms with Crippen molar-refractivity contribution in [3.63, 3.8) is 0 Å². The fourth-order valence-corrected chi connectivity index (χ4v) is 3.65. The molecule has 0 aromatic carbocycles. The van der Waals surface area contributed by atoms with E-state index < -0.39 is 0 Å². The summed E-state index contributed by atoms with van der Waals surface area (Å²) >= 11 is 0. The standard InChI is InChI=1S/C15H25FN4/c1-11-5-4-7-15(9-11,20(2)3)14(19-17)12-6-8-18-10-13(12)16/h6,8,10-11,14,19H,4-5,7,9,17H2,1-3H3. The van der Waals surface area contributed by atoms with Gasteiger partial charge in [0.15, 0.2) is 0 Å². The molecule has 20 heavy (non-hydrogen) atoms. The molecular weight excluding hydrogens is 255 g/mol. The number of halogens is 1. The summed E-state index contributed by atoms with van der Waals surface area (Å²) in [5.41, 5.74) is 3.31. The van der Waals surface area contributed by atoms with Gasteiger partial charge in [-0.05, 0) is 38.9 Å². The van der Waals surface area contributed by atoms with Crippen molar-refractivity contribution in [1.29, 1.82) is 0 Å². The highest BCUT2D eigenvalue weighted by atomic mass is 19.1. The topological polar surface area (TPSA) is 54.2 Å². The highest BCUT2D eigenvalue weighted by molar-refractivity contribution is 5.23. The van der Waals surface area contributed by atoms with Gasteiger partial charge in [0.25, 0.3) is 0 Å². The van der Waals surface area contributed by atoms with Gasteiger partial charge >= 0.3 is 0 Å². The normalized spacial score (nSPS) is 28.6. The monoisotopic (exact) mass is 280 g/mol. The molecule has 0 spiro atoms. The van der Waals surface area contributed by atoms with Crippen LogP contribution in [0.15, 0.2) is 18.5 Å². The summed E-state index contributed by atoms with van der Waals surface area (Å²) in [6.45, 7) is 2.26. The van der Waals surface area contributed by atoms with Crippen molar-refractivity contribution in [2.75, 3.05) is 14.1 Å². The minimum atomic E-state index is -0.296. The second-order valence-corrected chi connectivity index (χ2v) is 6.20. The van der Waals surface area contributed by atoms with Crippen molar-refractivity contribution in [3.05, 3.63) is 29.8 Å². The molecule has 112 valence electrons. The van der Waals surface area contributed by atoms with E-state index in [1.54, 1.807) is 12.3 Å². The first-order valence-electron chi connectivity index (χ1n) is 7.24. The van der Waals surface area contributed by atoms with Crippen molar-refractivity contribution in [2.45, 2.75) is 44.2 Å². The van der Waals surface area contributed by atoms with Crippen LogP contribution in [0.2, 0.25) is 0 Å². The summed E-state index contributed by atoms with van der Waals surface area (Å²) in [7, 11) is 4.11. The minimum absolute atomic E-state index is 0.158. The number of nitrogens with two attached hydrogens (primary N) is 1. The summed E-state index contributed by atoms with van der Waals surface area (Å²) in [4.78, 5) is 6.03. The second-order valence-electron chi connectivity index (χ2n) is 6.20. The van der Waals surface area contributed by atoms with Gasteiger partial charge in [0.1, 0.15) is 5.82 Å². The molecule has 0 amide bonds. The van der Waals surface area contributed by atoms with Gasteiger partial charge in [-0.1, -0.05) is 19.8 Å². The van der Waals surface area contributed by atoms with Crippen LogP contribution in [0.25, 0.3) is 0 Å². The lowest BCUT2D eigenvalue weighted by Gasteiger charge is -2.50. The van der Waals surface area contributed by atoms with Crippen molar-refractivity contribution < 1.29 is 4.39 Å². The van der Waals surface area contributed by atoms with Gasteiger partial charge in [-0.2, -0.15) is 0 Å². The molecule has 3 N–H and O–H groups in total. The van der Waals surface area contributed by atoms with Gasteiger partial charge in [-0.25, -0.2) is 4.39 Å². The van der Waals surface area contributed by atoms with Crippen LogP contribution in [0.4, 0.5) is 4.39 Å². The Balaban J connectivity index is 2.43. The Morgan fingerprint density at radius 1 is 1.55 bits per heavy atom. The van der Waals surface area contributed by atoms with E-state index in [0.717, 1.165) is 19.3 Å². The largest absolute Gasteiger partial charge is 0.302 e. The predicted molar refractivity (Wildman–Crippen MR) is 78.3 cm³/mol. The first-order chi connectivity index (χ1) is 9.51. The summed E-state index contributed by atoms with van der Waals surface area (Å²) in [5, 5.41) is 0. The van der Waals surface area contributed by atoms with E-state index >= 15 is 0 Å². The third kappa shape index (κ3) is 2.71. The van der Waals surface area contributed by atoms with Gasteiger partial charge in [0.05, 0.1) is 12.2 Å². The van der Waals surface area contributed by atoms with Crippen LogP contribution in [-0.4, -0.2) is 29.5 Å². The maximum atomic E-state index is 14.1. The number of likely N-dealkylation sites (N-methyl/N-ethyl adjacent to an activating group) is 1. The fraction of sp³-hybridized carbons (Fsp3) is 0.667. The smallest absolute Gasteiger partial charge is 0.146 e. The van der Waals surface area contributed by atoms with Gasteiger partial charge in [-0.15, -0.1) is 0 Å². The Bertz CT molecular complexity index is 451. The zero-order valence-electron chi connectivity index (χ0n) is 12.6. The van der Waals surface area contributed by atoms with Crippen molar-refractivity contribution in [2.24, 2.45) is 11.8 Å². The van der Waals surface area contributed by atoms with Crippen LogP contribution in [0.5, 0.6) is 0 Å². The average molecular weight is 280 g/mol. The lowest BCUT2D eigenvalue weighted by molar-refractivity contribution is 0.0354. The molecule has 0 saturated heterocycles. The quantitative estimate of drug-likeness (QED) is 0.656. The Kier molecular flexibility index (Phi) is 4.73. The van der Waals surface area contributed by atoms with E-state index in [-0.39, 0.29) is 17.4 Å². The van der Waals surface area contributed by atoms with E-state index in [1.807, 2.05) is 0 Å². The average Bonchev–Trinajstić information content (AvgIpc) is 2.41. The summed E-state index contributed by atoms with van der Waals surface area (Å²) in [5.74, 6) is 6.13. The summed E-state index contributed by atoms with van der Waals surface area (Å²) in [6, 6.07) is 1.49. The molecule has 1 aromatic rings. The molecule has 1 fully saturated rings. The van der Waals surface area contributed by atoms with Crippen LogP contribution < -0.4 is 11.3 Å². The van der Waals surface area contributed by atoms with Crippen LogP contribution in [-0.2, 0) is 0 Å². The lowest BCUT2D eigenvalue weighted by atomic mass is 9.70. The maximum Gasteiger partial charge on any atom is 0.146 e. The van der Waals surface area contributed by atoms with Crippen LogP contribution in [0.1, 0.15) is 44.2 Å². The summed E-state index contributed by atoms with van der Waals surface area (Å²) in [6.07, 6.45) is 7.28.